The lowest BCUT2D eigenvalue weighted by Gasteiger charge is -2.16. The van der Waals surface area contributed by atoms with Crippen molar-refractivity contribution in [2.45, 2.75) is 26.8 Å². The number of hydrogen-bond donors (Lipinski definition) is 2. The third kappa shape index (κ3) is 5.69. The number of nitrogens with zero attached hydrogens (tertiary/aromatic N) is 2. The minimum absolute atomic E-state index is 0.0814. The standard InChI is InChI=1S/C24H24FN3O5/c1-3-33-24(32)16-7-9-19(10-8-16)27-21(30)14-28-22(17-5-4-6-18(25)13-17)26-15(2)20(11-12-29)23(28)31/h4-10,13,29H,3,11-12,14H2,1-2H3,(H,27,30). The van der Waals surface area contributed by atoms with Crippen LogP contribution in [0.3, 0.4) is 0 Å². The van der Waals surface area contributed by atoms with Crippen LogP contribution in [0, 0.1) is 12.7 Å². The molecule has 0 bridgehead atoms. The summed E-state index contributed by atoms with van der Waals surface area (Å²) in [6, 6.07) is 11.7. The quantitative estimate of drug-likeness (QED) is 0.508. The van der Waals surface area contributed by atoms with Gasteiger partial charge in [0.05, 0.1) is 12.2 Å². The van der Waals surface area contributed by atoms with Crippen LogP contribution in [0.25, 0.3) is 11.4 Å². The van der Waals surface area contributed by atoms with Crippen molar-refractivity contribution in [3.05, 3.63) is 81.5 Å². The largest absolute Gasteiger partial charge is 0.462 e. The first kappa shape index (κ1) is 23.8. The molecule has 0 radical (unpaired) electrons. The molecule has 1 amide bonds. The van der Waals surface area contributed by atoms with Gasteiger partial charge in [-0.05, 0) is 50.2 Å². The molecule has 0 unspecified atom stereocenters. The van der Waals surface area contributed by atoms with Gasteiger partial charge in [0.15, 0.2) is 0 Å². The molecule has 0 atom stereocenters. The Morgan fingerprint density at radius 2 is 1.91 bits per heavy atom. The number of carbonyl (C=O) groups is 2. The van der Waals surface area contributed by atoms with E-state index in [1.165, 1.54) is 30.3 Å². The lowest BCUT2D eigenvalue weighted by atomic mass is 10.1. The second-order valence-electron chi connectivity index (χ2n) is 7.22. The molecular formula is C24H24FN3O5. The van der Waals surface area contributed by atoms with Crippen molar-refractivity contribution in [2.75, 3.05) is 18.5 Å². The third-order valence-electron chi connectivity index (χ3n) is 4.90. The summed E-state index contributed by atoms with van der Waals surface area (Å²) >= 11 is 0. The smallest absolute Gasteiger partial charge is 0.338 e. The number of amides is 1. The van der Waals surface area contributed by atoms with Crippen molar-refractivity contribution in [3.8, 4) is 11.4 Å². The molecule has 0 aliphatic carbocycles. The fraction of sp³-hybridized carbons (Fsp3) is 0.250. The second-order valence-corrected chi connectivity index (χ2v) is 7.22. The minimum atomic E-state index is -0.515. The zero-order chi connectivity index (χ0) is 24.0. The summed E-state index contributed by atoms with van der Waals surface area (Å²) in [5.41, 5.74) is 1.31. The monoisotopic (exact) mass is 453 g/mol. The highest BCUT2D eigenvalue weighted by molar-refractivity contribution is 5.93. The number of esters is 1. The predicted octanol–water partition coefficient (Wildman–Crippen LogP) is 2.71. The van der Waals surface area contributed by atoms with Gasteiger partial charge in [-0.15, -0.1) is 0 Å². The number of halogens is 1. The van der Waals surface area contributed by atoms with E-state index in [1.54, 1.807) is 32.0 Å². The van der Waals surface area contributed by atoms with Gasteiger partial charge in [-0.1, -0.05) is 12.1 Å². The average molecular weight is 453 g/mol. The Labute approximate surface area is 189 Å². The van der Waals surface area contributed by atoms with E-state index >= 15 is 0 Å². The Hall–Kier alpha value is -3.85. The van der Waals surface area contributed by atoms with Crippen LogP contribution in [0.15, 0.2) is 53.3 Å². The highest BCUT2D eigenvalue weighted by Crippen LogP contribution is 2.19. The zero-order valence-electron chi connectivity index (χ0n) is 18.3. The SMILES string of the molecule is CCOC(=O)c1ccc(NC(=O)Cn2c(-c3cccc(F)c3)nc(C)c(CCO)c2=O)cc1. The van der Waals surface area contributed by atoms with E-state index in [-0.39, 0.29) is 37.6 Å². The second kappa shape index (κ2) is 10.6. The molecule has 0 aliphatic heterocycles. The Balaban J connectivity index is 1.91. The summed E-state index contributed by atoms with van der Waals surface area (Å²) in [6.07, 6.45) is 0.0814. The maximum atomic E-state index is 13.8. The maximum absolute atomic E-state index is 13.8. The Morgan fingerprint density at radius 3 is 2.55 bits per heavy atom. The van der Waals surface area contributed by atoms with Gasteiger partial charge in [-0.3, -0.25) is 14.2 Å². The molecule has 1 aromatic heterocycles. The maximum Gasteiger partial charge on any atom is 0.338 e. The van der Waals surface area contributed by atoms with Crippen molar-refractivity contribution in [3.63, 3.8) is 0 Å². The molecule has 0 fully saturated rings. The molecule has 9 heteroatoms. The summed E-state index contributed by atoms with van der Waals surface area (Å²) in [7, 11) is 0. The number of aliphatic hydroxyl groups excluding tert-OH is 1. The molecular weight excluding hydrogens is 429 g/mol. The van der Waals surface area contributed by atoms with Crippen molar-refractivity contribution < 1.29 is 23.8 Å². The first-order chi connectivity index (χ1) is 15.8. The van der Waals surface area contributed by atoms with E-state index in [4.69, 9.17) is 4.74 Å². The van der Waals surface area contributed by atoms with Gasteiger partial charge in [0.1, 0.15) is 18.2 Å². The van der Waals surface area contributed by atoms with Gasteiger partial charge in [0.25, 0.3) is 5.56 Å². The van der Waals surface area contributed by atoms with E-state index in [0.29, 0.717) is 22.5 Å². The van der Waals surface area contributed by atoms with Crippen molar-refractivity contribution >= 4 is 17.6 Å². The predicted molar refractivity (Wildman–Crippen MR) is 120 cm³/mol. The number of aryl methyl sites for hydroxylation is 1. The van der Waals surface area contributed by atoms with Gasteiger partial charge >= 0.3 is 5.97 Å². The van der Waals surface area contributed by atoms with Crippen LogP contribution in [0.2, 0.25) is 0 Å². The van der Waals surface area contributed by atoms with E-state index < -0.39 is 23.3 Å². The van der Waals surface area contributed by atoms with Crippen molar-refractivity contribution in [1.82, 2.24) is 9.55 Å². The molecule has 0 saturated heterocycles. The number of ether oxygens (including phenoxy) is 1. The molecule has 2 aromatic carbocycles. The number of aliphatic hydroxyl groups is 1. The Morgan fingerprint density at radius 1 is 1.18 bits per heavy atom. The number of benzene rings is 2. The van der Waals surface area contributed by atoms with Crippen LogP contribution in [0.4, 0.5) is 10.1 Å². The minimum Gasteiger partial charge on any atom is -0.462 e. The summed E-state index contributed by atoms with van der Waals surface area (Å²) in [6.45, 7) is 2.96. The molecule has 3 aromatic rings. The zero-order valence-corrected chi connectivity index (χ0v) is 18.3. The third-order valence-corrected chi connectivity index (χ3v) is 4.90. The van der Waals surface area contributed by atoms with Gasteiger partial charge in [0, 0.05) is 35.5 Å². The normalized spacial score (nSPS) is 10.7. The topological polar surface area (TPSA) is 111 Å². The fourth-order valence-electron chi connectivity index (χ4n) is 3.34. The molecule has 1 heterocycles. The summed E-state index contributed by atoms with van der Waals surface area (Å²) < 4.78 is 19.9. The molecule has 172 valence electrons. The summed E-state index contributed by atoms with van der Waals surface area (Å²) in [5, 5.41) is 12.0. The van der Waals surface area contributed by atoms with Gasteiger partial charge in [-0.2, -0.15) is 0 Å². The molecule has 0 saturated carbocycles. The molecule has 2 N–H and O–H groups in total. The van der Waals surface area contributed by atoms with Crippen LogP contribution >= 0.6 is 0 Å². The fourth-order valence-corrected chi connectivity index (χ4v) is 3.34. The highest BCUT2D eigenvalue weighted by Gasteiger charge is 2.18. The van der Waals surface area contributed by atoms with Crippen molar-refractivity contribution in [2.24, 2.45) is 0 Å². The first-order valence-corrected chi connectivity index (χ1v) is 10.4. The van der Waals surface area contributed by atoms with Gasteiger partial charge in [-0.25, -0.2) is 14.2 Å². The molecule has 0 spiro atoms. The Bertz CT molecular complexity index is 1220. The number of nitrogens with one attached hydrogen (secondary N) is 1. The number of carbonyl (C=O) groups excluding carboxylic acids is 2. The van der Waals surface area contributed by atoms with E-state index in [2.05, 4.69) is 10.3 Å². The average Bonchev–Trinajstić information content (AvgIpc) is 2.79. The molecule has 33 heavy (non-hydrogen) atoms. The lowest BCUT2D eigenvalue weighted by molar-refractivity contribution is -0.116. The van der Waals surface area contributed by atoms with Crippen LogP contribution < -0.4 is 10.9 Å². The van der Waals surface area contributed by atoms with Crippen LogP contribution in [-0.4, -0.2) is 39.7 Å². The van der Waals surface area contributed by atoms with Crippen LogP contribution in [0.1, 0.15) is 28.5 Å². The van der Waals surface area contributed by atoms with E-state index in [0.717, 1.165) is 4.57 Å². The number of aromatic nitrogens is 2. The van der Waals surface area contributed by atoms with Crippen LogP contribution in [-0.2, 0) is 22.5 Å². The number of anilines is 1. The van der Waals surface area contributed by atoms with Crippen LogP contribution in [0.5, 0.6) is 0 Å². The Kier molecular flexibility index (Phi) is 7.68. The molecule has 0 aliphatic rings. The molecule has 3 rings (SSSR count). The number of rotatable bonds is 8. The van der Waals surface area contributed by atoms with Gasteiger partial charge < -0.3 is 15.2 Å². The summed E-state index contributed by atoms with van der Waals surface area (Å²) in [5.74, 6) is -1.34. The van der Waals surface area contributed by atoms with Gasteiger partial charge in [0.2, 0.25) is 5.91 Å². The van der Waals surface area contributed by atoms with Crippen molar-refractivity contribution in [1.29, 1.82) is 0 Å². The number of hydrogen-bond acceptors (Lipinski definition) is 6. The van der Waals surface area contributed by atoms with E-state index in [9.17, 15) is 23.9 Å². The van der Waals surface area contributed by atoms with E-state index in [1.807, 2.05) is 0 Å². The first-order valence-electron chi connectivity index (χ1n) is 10.4. The molecule has 8 nitrogen and oxygen atoms in total. The summed E-state index contributed by atoms with van der Waals surface area (Å²) in [4.78, 5) is 42.1. The lowest BCUT2D eigenvalue weighted by Crippen LogP contribution is -2.33. The highest BCUT2D eigenvalue weighted by atomic mass is 19.1.